The zero-order chi connectivity index (χ0) is 13.9. The second-order valence-electron chi connectivity index (χ2n) is 4.83. The Balaban J connectivity index is 3.02. The van der Waals surface area contributed by atoms with Gasteiger partial charge in [-0.15, -0.1) is 0 Å². The molecule has 1 aromatic carbocycles. The molecule has 100 valence electrons. The van der Waals surface area contributed by atoms with Gasteiger partial charge in [0.2, 0.25) is 0 Å². The summed E-state index contributed by atoms with van der Waals surface area (Å²) < 4.78 is 27.3. The van der Waals surface area contributed by atoms with E-state index in [-0.39, 0.29) is 5.56 Å². The smallest absolute Gasteiger partial charge is 0.257 e. The summed E-state index contributed by atoms with van der Waals surface area (Å²) in [5.41, 5.74) is -0.791. The lowest BCUT2D eigenvalue weighted by molar-refractivity contribution is 0.0903. The van der Waals surface area contributed by atoms with Crippen molar-refractivity contribution in [1.29, 1.82) is 0 Å². The fourth-order valence-corrected chi connectivity index (χ4v) is 2.52. The van der Waals surface area contributed by atoms with Crippen LogP contribution in [0, 0.1) is 18.6 Å². The van der Waals surface area contributed by atoms with E-state index in [1.54, 1.807) is 13.8 Å². The van der Waals surface area contributed by atoms with E-state index in [9.17, 15) is 13.6 Å². The first kappa shape index (κ1) is 15.1. The molecule has 0 fully saturated rings. The third kappa shape index (κ3) is 3.51. The molecule has 1 aromatic rings. The normalized spacial score (nSPS) is 11.4. The highest BCUT2D eigenvalue weighted by atomic mass is 79.9. The number of rotatable bonds is 4. The van der Waals surface area contributed by atoms with Crippen molar-refractivity contribution in [2.75, 3.05) is 5.33 Å². The quantitative estimate of drug-likeness (QED) is 0.845. The van der Waals surface area contributed by atoms with Gasteiger partial charge in [0.25, 0.3) is 5.91 Å². The summed E-state index contributed by atoms with van der Waals surface area (Å²) in [4.78, 5) is 11.9. The van der Waals surface area contributed by atoms with Gasteiger partial charge in [-0.1, -0.05) is 22.0 Å². The number of halogens is 3. The standard InChI is InChI=1S/C13H16BrF2NO/c1-8-4-5-9(15)10(11(8)16)12(18)17-13(2,3)6-7-14/h4-5H,6-7H2,1-3H3,(H,17,18). The second kappa shape index (κ2) is 5.78. The van der Waals surface area contributed by atoms with Crippen LogP contribution >= 0.6 is 15.9 Å². The SMILES string of the molecule is Cc1ccc(F)c(C(=O)NC(C)(C)CCBr)c1F. The fourth-order valence-electron chi connectivity index (χ4n) is 1.53. The lowest BCUT2D eigenvalue weighted by atomic mass is 10.0. The Bertz CT molecular complexity index is 461. The molecule has 0 saturated carbocycles. The predicted molar refractivity (Wildman–Crippen MR) is 71.1 cm³/mol. The molecule has 18 heavy (non-hydrogen) atoms. The average molecular weight is 320 g/mol. The van der Waals surface area contributed by atoms with Crippen LogP contribution in [0.5, 0.6) is 0 Å². The van der Waals surface area contributed by atoms with Crippen LogP contribution in [0.2, 0.25) is 0 Å². The van der Waals surface area contributed by atoms with E-state index in [1.165, 1.54) is 13.0 Å². The van der Waals surface area contributed by atoms with E-state index in [0.717, 1.165) is 6.07 Å². The third-order valence-corrected chi connectivity index (χ3v) is 3.08. The Labute approximate surface area is 114 Å². The Morgan fingerprint density at radius 2 is 2.00 bits per heavy atom. The number of benzene rings is 1. The van der Waals surface area contributed by atoms with E-state index < -0.39 is 28.6 Å². The minimum atomic E-state index is -0.842. The summed E-state index contributed by atoms with van der Waals surface area (Å²) in [6, 6.07) is 2.41. The van der Waals surface area contributed by atoms with Crippen molar-refractivity contribution in [1.82, 2.24) is 5.32 Å². The van der Waals surface area contributed by atoms with Gasteiger partial charge in [-0.25, -0.2) is 8.78 Å². The van der Waals surface area contributed by atoms with Crippen molar-refractivity contribution in [3.8, 4) is 0 Å². The van der Waals surface area contributed by atoms with Gasteiger partial charge in [0.1, 0.15) is 17.2 Å². The molecule has 0 spiro atoms. The molecule has 0 radical (unpaired) electrons. The number of hydrogen-bond acceptors (Lipinski definition) is 1. The molecule has 0 aliphatic carbocycles. The highest BCUT2D eigenvalue weighted by Crippen LogP contribution is 2.18. The summed E-state index contributed by atoms with van der Waals surface area (Å²) in [5.74, 6) is -2.37. The Morgan fingerprint density at radius 3 is 2.56 bits per heavy atom. The van der Waals surface area contributed by atoms with Gasteiger partial charge in [0.15, 0.2) is 0 Å². The molecule has 0 aliphatic heterocycles. The van der Waals surface area contributed by atoms with Crippen molar-refractivity contribution in [3.63, 3.8) is 0 Å². The average Bonchev–Trinajstić information content (AvgIpc) is 2.23. The van der Waals surface area contributed by atoms with Crippen LogP contribution in [0.1, 0.15) is 36.2 Å². The minimum absolute atomic E-state index is 0.250. The maximum absolute atomic E-state index is 13.8. The molecule has 0 aromatic heterocycles. The van der Waals surface area contributed by atoms with Crippen molar-refractivity contribution in [3.05, 3.63) is 34.9 Å². The van der Waals surface area contributed by atoms with Gasteiger partial charge in [-0.05, 0) is 38.8 Å². The topological polar surface area (TPSA) is 29.1 Å². The summed E-state index contributed by atoms with van der Waals surface area (Å²) in [7, 11) is 0. The molecule has 5 heteroatoms. The minimum Gasteiger partial charge on any atom is -0.347 e. The third-order valence-electron chi connectivity index (χ3n) is 2.68. The molecule has 2 nitrogen and oxygen atoms in total. The van der Waals surface area contributed by atoms with Crippen LogP contribution in [0.4, 0.5) is 8.78 Å². The number of nitrogens with one attached hydrogen (secondary N) is 1. The maximum Gasteiger partial charge on any atom is 0.257 e. The zero-order valence-electron chi connectivity index (χ0n) is 10.6. The lowest BCUT2D eigenvalue weighted by Gasteiger charge is -2.25. The number of carbonyl (C=O) groups is 1. The summed E-state index contributed by atoms with van der Waals surface area (Å²) in [6.45, 7) is 5.10. The first-order valence-electron chi connectivity index (χ1n) is 5.61. The Hall–Kier alpha value is -0.970. The molecule has 1 amide bonds. The molecule has 1 rings (SSSR count). The number of alkyl halides is 1. The van der Waals surface area contributed by atoms with E-state index >= 15 is 0 Å². The summed E-state index contributed by atoms with van der Waals surface area (Å²) >= 11 is 3.27. The van der Waals surface area contributed by atoms with Gasteiger partial charge in [-0.3, -0.25) is 4.79 Å². The summed E-state index contributed by atoms with van der Waals surface area (Å²) in [5, 5.41) is 3.33. The number of amides is 1. The number of hydrogen-bond donors (Lipinski definition) is 1. The lowest BCUT2D eigenvalue weighted by Crippen LogP contribution is -2.44. The van der Waals surface area contributed by atoms with Crippen molar-refractivity contribution < 1.29 is 13.6 Å². The molecule has 0 aliphatic rings. The van der Waals surface area contributed by atoms with Gasteiger partial charge < -0.3 is 5.32 Å². The monoisotopic (exact) mass is 319 g/mol. The molecule has 0 saturated heterocycles. The molecule has 0 bridgehead atoms. The van der Waals surface area contributed by atoms with E-state index in [4.69, 9.17) is 0 Å². The predicted octanol–water partition coefficient (Wildman–Crippen LogP) is 3.57. The Morgan fingerprint density at radius 1 is 1.39 bits per heavy atom. The molecule has 0 unspecified atom stereocenters. The first-order chi connectivity index (χ1) is 8.28. The van der Waals surface area contributed by atoms with E-state index in [0.29, 0.717) is 11.8 Å². The van der Waals surface area contributed by atoms with Crippen LogP contribution in [0.15, 0.2) is 12.1 Å². The Kier molecular flexibility index (Phi) is 4.85. The molecular weight excluding hydrogens is 304 g/mol. The maximum atomic E-state index is 13.8. The molecular formula is C13H16BrF2NO. The van der Waals surface area contributed by atoms with Gasteiger partial charge in [0.05, 0.1) is 0 Å². The first-order valence-corrected chi connectivity index (χ1v) is 6.74. The van der Waals surface area contributed by atoms with Crippen molar-refractivity contribution in [2.24, 2.45) is 0 Å². The largest absolute Gasteiger partial charge is 0.347 e. The number of aryl methyl sites for hydroxylation is 1. The van der Waals surface area contributed by atoms with Crippen LogP contribution in [0.3, 0.4) is 0 Å². The van der Waals surface area contributed by atoms with Crippen LogP contribution < -0.4 is 5.32 Å². The van der Waals surface area contributed by atoms with Crippen LogP contribution in [-0.4, -0.2) is 16.8 Å². The van der Waals surface area contributed by atoms with Gasteiger partial charge in [0, 0.05) is 10.9 Å². The molecule has 0 heterocycles. The fraction of sp³-hybridized carbons (Fsp3) is 0.462. The van der Waals surface area contributed by atoms with Crippen LogP contribution in [-0.2, 0) is 0 Å². The summed E-state index contributed by atoms with van der Waals surface area (Å²) in [6.07, 6.45) is 0.661. The second-order valence-corrected chi connectivity index (χ2v) is 5.62. The number of carbonyl (C=O) groups excluding carboxylic acids is 1. The van der Waals surface area contributed by atoms with Gasteiger partial charge >= 0.3 is 0 Å². The van der Waals surface area contributed by atoms with Crippen LogP contribution in [0.25, 0.3) is 0 Å². The highest BCUT2D eigenvalue weighted by Gasteiger charge is 2.25. The highest BCUT2D eigenvalue weighted by molar-refractivity contribution is 9.09. The zero-order valence-corrected chi connectivity index (χ0v) is 12.2. The van der Waals surface area contributed by atoms with E-state index in [2.05, 4.69) is 21.2 Å². The molecule has 0 atom stereocenters. The van der Waals surface area contributed by atoms with Gasteiger partial charge in [-0.2, -0.15) is 0 Å². The van der Waals surface area contributed by atoms with Crippen molar-refractivity contribution >= 4 is 21.8 Å². The van der Waals surface area contributed by atoms with E-state index in [1.807, 2.05) is 0 Å². The molecule has 1 N–H and O–H groups in total. The van der Waals surface area contributed by atoms with Crippen molar-refractivity contribution in [2.45, 2.75) is 32.7 Å².